The van der Waals surface area contributed by atoms with E-state index in [1.807, 2.05) is 0 Å². The third kappa shape index (κ3) is 3.11. The van der Waals surface area contributed by atoms with E-state index in [0.717, 1.165) is 6.26 Å². The molecule has 1 aromatic carbocycles. The van der Waals surface area contributed by atoms with Gasteiger partial charge in [0.15, 0.2) is 21.3 Å². The standard InChI is InChI=1S/C10H15NO4S/c1-16(14,15)8(6-11)4-7-2-3-9(12)10(13)5-7/h2-3,5,8,12-13H,4,6,11H2,1H3. The second kappa shape index (κ2) is 4.71. The Morgan fingerprint density at radius 3 is 2.38 bits per heavy atom. The van der Waals surface area contributed by atoms with Gasteiger partial charge in [-0.1, -0.05) is 6.07 Å². The van der Waals surface area contributed by atoms with Crippen molar-refractivity contribution in [2.75, 3.05) is 12.8 Å². The highest BCUT2D eigenvalue weighted by Gasteiger charge is 2.19. The minimum absolute atomic E-state index is 0.0282. The molecule has 0 bridgehead atoms. The molecule has 1 atom stereocenters. The number of sulfone groups is 1. The summed E-state index contributed by atoms with van der Waals surface area (Å²) in [5, 5.41) is 17.7. The van der Waals surface area contributed by atoms with E-state index in [2.05, 4.69) is 0 Å². The summed E-state index contributed by atoms with van der Waals surface area (Å²) in [5.41, 5.74) is 6.01. The number of hydrogen-bond donors (Lipinski definition) is 3. The van der Waals surface area contributed by atoms with E-state index in [4.69, 9.17) is 10.8 Å². The lowest BCUT2D eigenvalue weighted by atomic mass is 10.1. The maximum atomic E-state index is 11.3. The number of nitrogens with two attached hydrogens (primary N) is 1. The van der Waals surface area contributed by atoms with Gasteiger partial charge in [0.2, 0.25) is 0 Å². The van der Waals surface area contributed by atoms with Gasteiger partial charge >= 0.3 is 0 Å². The second-order valence-corrected chi connectivity index (χ2v) is 6.04. The molecule has 6 heteroatoms. The number of hydrogen-bond acceptors (Lipinski definition) is 5. The Kier molecular flexibility index (Phi) is 3.77. The van der Waals surface area contributed by atoms with Gasteiger partial charge in [-0.2, -0.15) is 0 Å². The highest BCUT2D eigenvalue weighted by atomic mass is 32.2. The molecule has 0 spiro atoms. The molecule has 1 unspecified atom stereocenters. The van der Waals surface area contributed by atoms with Crippen molar-refractivity contribution in [3.63, 3.8) is 0 Å². The van der Waals surface area contributed by atoms with Crippen LogP contribution < -0.4 is 5.73 Å². The van der Waals surface area contributed by atoms with Crippen LogP contribution in [0.25, 0.3) is 0 Å². The molecule has 0 saturated heterocycles. The predicted molar refractivity (Wildman–Crippen MR) is 61.2 cm³/mol. The molecule has 5 nitrogen and oxygen atoms in total. The van der Waals surface area contributed by atoms with Crippen LogP contribution in [0.15, 0.2) is 18.2 Å². The summed E-state index contributed by atoms with van der Waals surface area (Å²) in [5.74, 6) is -0.492. The Hall–Kier alpha value is -1.27. The molecule has 0 saturated carbocycles. The molecule has 0 radical (unpaired) electrons. The first-order chi connectivity index (χ1) is 7.34. The number of rotatable bonds is 4. The molecular formula is C10H15NO4S. The smallest absolute Gasteiger partial charge is 0.157 e. The lowest BCUT2D eigenvalue weighted by molar-refractivity contribution is 0.403. The molecular weight excluding hydrogens is 230 g/mol. The minimum atomic E-state index is -3.21. The summed E-state index contributed by atoms with van der Waals surface area (Å²) in [7, 11) is -3.21. The lowest BCUT2D eigenvalue weighted by Crippen LogP contribution is -2.30. The molecule has 1 rings (SSSR count). The van der Waals surface area contributed by atoms with Crippen LogP contribution in [0.1, 0.15) is 5.56 Å². The zero-order valence-corrected chi connectivity index (χ0v) is 9.74. The molecule has 0 aliphatic heterocycles. The van der Waals surface area contributed by atoms with E-state index in [1.54, 1.807) is 6.07 Å². The SMILES string of the molecule is CS(=O)(=O)C(CN)Cc1ccc(O)c(O)c1. The normalized spacial score (nSPS) is 13.6. The number of aromatic hydroxyl groups is 2. The van der Waals surface area contributed by atoms with Crippen molar-refractivity contribution in [2.24, 2.45) is 5.73 Å². The van der Waals surface area contributed by atoms with Gasteiger partial charge in [0.25, 0.3) is 0 Å². The van der Waals surface area contributed by atoms with Gasteiger partial charge in [-0.3, -0.25) is 0 Å². The van der Waals surface area contributed by atoms with Crippen LogP contribution in [-0.2, 0) is 16.3 Å². The fraction of sp³-hybridized carbons (Fsp3) is 0.400. The van der Waals surface area contributed by atoms with E-state index < -0.39 is 15.1 Å². The van der Waals surface area contributed by atoms with E-state index in [1.165, 1.54) is 12.1 Å². The average Bonchev–Trinajstić information content (AvgIpc) is 2.18. The summed E-state index contributed by atoms with van der Waals surface area (Å²) in [6.45, 7) is 0.0282. The van der Waals surface area contributed by atoms with Gasteiger partial charge in [0, 0.05) is 12.8 Å². The number of benzene rings is 1. The van der Waals surface area contributed by atoms with Crippen molar-refractivity contribution >= 4 is 9.84 Å². The van der Waals surface area contributed by atoms with Crippen LogP contribution in [0.3, 0.4) is 0 Å². The third-order valence-corrected chi connectivity index (χ3v) is 3.94. The predicted octanol–water partition coefficient (Wildman–Crippen LogP) is 0.0122. The molecule has 4 N–H and O–H groups in total. The number of phenols is 2. The summed E-state index contributed by atoms with van der Waals surface area (Å²) in [6.07, 6.45) is 1.36. The third-order valence-electron chi connectivity index (χ3n) is 2.37. The Labute approximate surface area is 94.4 Å². The minimum Gasteiger partial charge on any atom is -0.504 e. The second-order valence-electron chi connectivity index (χ2n) is 3.71. The fourth-order valence-electron chi connectivity index (χ4n) is 1.37. The van der Waals surface area contributed by atoms with Gasteiger partial charge in [0.05, 0.1) is 5.25 Å². The Bertz CT molecular complexity index is 470. The first-order valence-electron chi connectivity index (χ1n) is 4.74. The van der Waals surface area contributed by atoms with Crippen LogP contribution in [0.2, 0.25) is 0 Å². The van der Waals surface area contributed by atoms with E-state index in [-0.39, 0.29) is 24.5 Å². The van der Waals surface area contributed by atoms with Crippen LogP contribution in [0.5, 0.6) is 11.5 Å². The molecule has 0 aliphatic carbocycles. The van der Waals surface area contributed by atoms with E-state index in [9.17, 15) is 13.5 Å². The quantitative estimate of drug-likeness (QED) is 0.649. The van der Waals surface area contributed by atoms with Gasteiger partial charge in [-0.25, -0.2) is 8.42 Å². The largest absolute Gasteiger partial charge is 0.504 e. The zero-order valence-electron chi connectivity index (χ0n) is 8.92. The fourth-order valence-corrected chi connectivity index (χ4v) is 2.21. The molecule has 16 heavy (non-hydrogen) atoms. The lowest BCUT2D eigenvalue weighted by Gasteiger charge is -2.12. The van der Waals surface area contributed by atoms with Gasteiger partial charge in [-0.15, -0.1) is 0 Å². The molecule has 1 aromatic rings. The van der Waals surface area contributed by atoms with Crippen molar-refractivity contribution in [1.29, 1.82) is 0 Å². The van der Waals surface area contributed by atoms with Crippen molar-refractivity contribution in [3.8, 4) is 11.5 Å². The average molecular weight is 245 g/mol. The van der Waals surface area contributed by atoms with E-state index >= 15 is 0 Å². The van der Waals surface area contributed by atoms with Crippen LogP contribution >= 0.6 is 0 Å². The van der Waals surface area contributed by atoms with Crippen molar-refractivity contribution < 1.29 is 18.6 Å². The summed E-state index contributed by atoms with van der Waals surface area (Å²) in [6, 6.07) is 4.21. The first-order valence-corrected chi connectivity index (χ1v) is 6.70. The first kappa shape index (κ1) is 12.8. The Morgan fingerprint density at radius 1 is 1.31 bits per heavy atom. The van der Waals surface area contributed by atoms with Crippen molar-refractivity contribution in [2.45, 2.75) is 11.7 Å². The van der Waals surface area contributed by atoms with Crippen LogP contribution in [0, 0.1) is 0 Å². The monoisotopic (exact) mass is 245 g/mol. The van der Waals surface area contributed by atoms with Gasteiger partial charge in [-0.05, 0) is 24.1 Å². The summed E-state index contributed by atoms with van der Waals surface area (Å²) >= 11 is 0. The van der Waals surface area contributed by atoms with Crippen LogP contribution in [-0.4, -0.2) is 36.7 Å². The van der Waals surface area contributed by atoms with Crippen molar-refractivity contribution in [1.82, 2.24) is 0 Å². The van der Waals surface area contributed by atoms with Gasteiger partial charge in [0.1, 0.15) is 0 Å². The van der Waals surface area contributed by atoms with E-state index in [0.29, 0.717) is 5.56 Å². The summed E-state index contributed by atoms with van der Waals surface area (Å²) in [4.78, 5) is 0. The molecule has 0 fully saturated rings. The molecule has 0 heterocycles. The van der Waals surface area contributed by atoms with Crippen LogP contribution in [0.4, 0.5) is 0 Å². The molecule has 0 amide bonds. The Balaban J connectivity index is 2.91. The maximum Gasteiger partial charge on any atom is 0.157 e. The molecule has 0 aromatic heterocycles. The van der Waals surface area contributed by atoms with Gasteiger partial charge < -0.3 is 15.9 Å². The molecule has 90 valence electrons. The highest BCUT2D eigenvalue weighted by molar-refractivity contribution is 7.91. The molecule has 0 aliphatic rings. The number of phenolic OH excluding ortho intramolecular Hbond substituents is 2. The zero-order chi connectivity index (χ0) is 12.3. The summed E-state index contributed by atoms with van der Waals surface area (Å²) < 4.78 is 22.7. The topological polar surface area (TPSA) is 101 Å². The highest BCUT2D eigenvalue weighted by Crippen LogP contribution is 2.25. The maximum absolute atomic E-state index is 11.3. The Morgan fingerprint density at radius 2 is 1.94 bits per heavy atom. The van der Waals surface area contributed by atoms with Crippen molar-refractivity contribution in [3.05, 3.63) is 23.8 Å².